The van der Waals surface area contributed by atoms with E-state index >= 15 is 0 Å². The van der Waals surface area contributed by atoms with Crippen LogP contribution in [0.5, 0.6) is 11.5 Å². The first-order valence-electron chi connectivity index (χ1n) is 9.23. The number of phenolic OH excluding ortho intramolecular Hbond substituents is 1. The lowest BCUT2D eigenvalue weighted by Crippen LogP contribution is -2.18. The third kappa shape index (κ3) is 3.30. The summed E-state index contributed by atoms with van der Waals surface area (Å²) in [6.07, 6.45) is 2.39. The quantitative estimate of drug-likeness (QED) is 0.706. The van der Waals surface area contributed by atoms with Gasteiger partial charge in [0.05, 0.1) is 7.11 Å². The van der Waals surface area contributed by atoms with Crippen LogP contribution in [-0.2, 0) is 6.54 Å². The van der Waals surface area contributed by atoms with Crippen molar-refractivity contribution in [2.24, 2.45) is 0 Å². The highest BCUT2D eigenvalue weighted by Crippen LogP contribution is 2.36. The van der Waals surface area contributed by atoms with Gasteiger partial charge in [-0.3, -0.25) is 4.90 Å². The molecule has 0 radical (unpaired) electrons. The minimum Gasteiger partial charge on any atom is -0.507 e. The Bertz CT molecular complexity index is 1030. The number of hydrogen-bond acceptors (Lipinski definition) is 5. The van der Waals surface area contributed by atoms with Crippen LogP contribution in [0, 0.1) is 6.92 Å². The molecule has 3 aromatic rings. The number of nitrogens with zero attached hydrogens (tertiary/aromatic N) is 1. The Morgan fingerprint density at radius 2 is 1.85 bits per heavy atom. The first-order chi connectivity index (χ1) is 13.1. The van der Waals surface area contributed by atoms with Crippen LogP contribution >= 0.6 is 0 Å². The van der Waals surface area contributed by atoms with Gasteiger partial charge in [-0.2, -0.15) is 0 Å². The Morgan fingerprint density at radius 3 is 2.52 bits per heavy atom. The Kier molecular flexibility index (Phi) is 4.62. The molecular weight excluding hydrogens is 342 g/mol. The fourth-order valence-electron chi connectivity index (χ4n) is 3.83. The number of benzene rings is 2. The summed E-state index contributed by atoms with van der Waals surface area (Å²) in [5.74, 6) is 0.971. The first-order valence-corrected chi connectivity index (χ1v) is 9.23. The molecule has 4 rings (SSSR count). The predicted molar refractivity (Wildman–Crippen MR) is 105 cm³/mol. The van der Waals surface area contributed by atoms with Gasteiger partial charge in [-0.25, -0.2) is 4.79 Å². The maximum Gasteiger partial charge on any atom is 0.336 e. The Morgan fingerprint density at radius 1 is 1.15 bits per heavy atom. The maximum atomic E-state index is 12.1. The Labute approximate surface area is 157 Å². The molecule has 1 aliphatic rings. The van der Waals surface area contributed by atoms with Gasteiger partial charge in [-0.1, -0.05) is 12.1 Å². The normalized spacial score (nSPS) is 14.7. The van der Waals surface area contributed by atoms with Crippen LogP contribution < -0.4 is 10.4 Å². The van der Waals surface area contributed by atoms with Crippen LogP contribution in [0.2, 0.25) is 0 Å². The van der Waals surface area contributed by atoms with E-state index < -0.39 is 5.63 Å². The molecule has 0 aliphatic carbocycles. The van der Waals surface area contributed by atoms with Crippen LogP contribution in [0.4, 0.5) is 0 Å². The molecule has 2 aromatic carbocycles. The molecule has 0 bridgehead atoms. The van der Waals surface area contributed by atoms with Gasteiger partial charge in [-0.05, 0) is 62.2 Å². The van der Waals surface area contributed by atoms with E-state index in [9.17, 15) is 9.90 Å². The molecule has 1 fully saturated rings. The van der Waals surface area contributed by atoms with Gasteiger partial charge in [0.25, 0.3) is 0 Å². The highest BCUT2D eigenvalue weighted by Gasteiger charge is 2.19. The van der Waals surface area contributed by atoms with Crippen LogP contribution in [-0.4, -0.2) is 30.2 Å². The van der Waals surface area contributed by atoms with Crippen molar-refractivity contribution in [1.82, 2.24) is 4.90 Å². The highest BCUT2D eigenvalue weighted by atomic mass is 16.5. The summed E-state index contributed by atoms with van der Waals surface area (Å²) in [5, 5.41) is 11.5. The average Bonchev–Trinajstić information content (AvgIpc) is 3.19. The molecule has 1 N–H and O–H groups in total. The molecule has 0 amide bonds. The minimum absolute atomic E-state index is 0.212. The first kappa shape index (κ1) is 17.6. The summed E-state index contributed by atoms with van der Waals surface area (Å²) in [6.45, 7) is 4.59. The zero-order valence-electron chi connectivity index (χ0n) is 15.6. The van der Waals surface area contributed by atoms with Gasteiger partial charge < -0.3 is 14.3 Å². The van der Waals surface area contributed by atoms with E-state index in [4.69, 9.17) is 9.15 Å². The summed E-state index contributed by atoms with van der Waals surface area (Å²) < 4.78 is 10.7. The van der Waals surface area contributed by atoms with Gasteiger partial charge in [-0.15, -0.1) is 0 Å². The van der Waals surface area contributed by atoms with Crippen molar-refractivity contribution in [3.05, 3.63) is 57.9 Å². The number of ether oxygens (including phenoxy) is 1. The van der Waals surface area contributed by atoms with Gasteiger partial charge in [0, 0.05) is 29.1 Å². The Hall–Kier alpha value is -2.79. The van der Waals surface area contributed by atoms with Crippen molar-refractivity contribution < 1.29 is 14.3 Å². The molecule has 5 heteroatoms. The minimum atomic E-state index is -0.428. The number of aryl methyl sites for hydroxylation is 1. The van der Waals surface area contributed by atoms with Crippen molar-refractivity contribution in [3.8, 4) is 22.6 Å². The summed E-state index contributed by atoms with van der Waals surface area (Å²) in [7, 11) is 1.62. The van der Waals surface area contributed by atoms with E-state index in [1.807, 2.05) is 30.3 Å². The lowest BCUT2D eigenvalue weighted by molar-refractivity contribution is 0.324. The van der Waals surface area contributed by atoms with Gasteiger partial charge in [0.15, 0.2) is 0 Å². The zero-order valence-corrected chi connectivity index (χ0v) is 15.6. The monoisotopic (exact) mass is 365 g/mol. The number of fused-ring (bicyclic) bond motifs is 1. The van der Waals surface area contributed by atoms with Crippen LogP contribution in [0.25, 0.3) is 22.1 Å². The van der Waals surface area contributed by atoms with Gasteiger partial charge in [0.2, 0.25) is 0 Å². The van der Waals surface area contributed by atoms with Crippen molar-refractivity contribution in [3.63, 3.8) is 0 Å². The summed E-state index contributed by atoms with van der Waals surface area (Å²) in [5.41, 5.74) is 3.19. The summed E-state index contributed by atoms with van der Waals surface area (Å²) in [4.78, 5) is 14.5. The SMILES string of the molecule is COc1ccc(-c2cc(=O)oc3c(C)c(O)c(CN4CCCC4)cc23)cc1. The third-order valence-corrected chi connectivity index (χ3v) is 5.31. The molecule has 1 saturated heterocycles. The number of methoxy groups -OCH3 is 1. The fraction of sp³-hybridized carbons (Fsp3) is 0.318. The van der Waals surface area contributed by atoms with E-state index in [2.05, 4.69) is 4.90 Å². The third-order valence-electron chi connectivity index (χ3n) is 5.31. The summed E-state index contributed by atoms with van der Waals surface area (Å²) >= 11 is 0. The smallest absolute Gasteiger partial charge is 0.336 e. The molecular formula is C22H23NO4. The second-order valence-electron chi connectivity index (χ2n) is 7.08. The number of rotatable bonds is 4. The number of aromatic hydroxyl groups is 1. The second-order valence-corrected chi connectivity index (χ2v) is 7.08. The van der Waals surface area contributed by atoms with Crippen LogP contribution in [0.15, 0.2) is 45.6 Å². The molecule has 1 aliphatic heterocycles. The highest BCUT2D eigenvalue weighted by molar-refractivity contribution is 5.96. The van der Waals surface area contributed by atoms with E-state index in [0.29, 0.717) is 17.7 Å². The molecule has 0 unspecified atom stereocenters. The van der Waals surface area contributed by atoms with Crippen molar-refractivity contribution in [1.29, 1.82) is 0 Å². The lowest BCUT2D eigenvalue weighted by atomic mass is 9.97. The van der Waals surface area contributed by atoms with E-state index in [1.54, 1.807) is 14.0 Å². The molecule has 27 heavy (non-hydrogen) atoms. The topological polar surface area (TPSA) is 62.9 Å². The molecule has 2 heterocycles. The lowest BCUT2D eigenvalue weighted by Gasteiger charge is -2.18. The van der Waals surface area contributed by atoms with Gasteiger partial charge >= 0.3 is 5.63 Å². The van der Waals surface area contributed by atoms with E-state index in [-0.39, 0.29) is 5.75 Å². The van der Waals surface area contributed by atoms with Crippen molar-refractivity contribution in [2.75, 3.05) is 20.2 Å². The number of phenols is 1. The molecule has 1 aromatic heterocycles. The number of likely N-dealkylation sites (tertiary alicyclic amines) is 1. The van der Waals surface area contributed by atoms with Gasteiger partial charge in [0.1, 0.15) is 17.1 Å². The number of hydrogen-bond donors (Lipinski definition) is 1. The second kappa shape index (κ2) is 7.08. The van der Waals surface area contributed by atoms with Crippen molar-refractivity contribution in [2.45, 2.75) is 26.3 Å². The standard InChI is InChI=1S/C22H23NO4/c1-14-21(25)16(13-23-9-3-4-10-23)11-19-18(12-20(24)27-22(14)19)15-5-7-17(26-2)8-6-15/h5-8,11-12,25H,3-4,9-10,13H2,1-2H3. The molecule has 0 saturated carbocycles. The molecule has 5 nitrogen and oxygen atoms in total. The predicted octanol–water partition coefficient (Wildman–Crippen LogP) is 4.08. The maximum absolute atomic E-state index is 12.1. The Balaban J connectivity index is 1.89. The zero-order chi connectivity index (χ0) is 19.0. The largest absolute Gasteiger partial charge is 0.507 e. The summed E-state index contributed by atoms with van der Waals surface area (Å²) in [6, 6.07) is 11.1. The van der Waals surface area contributed by atoms with E-state index in [0.717, 1.165) is 40.9 Å². The van der Waals surface area contributed by atoms with Crippen LogP contribution in [0.3, 0.4) is 0 Å². The van der Waals surface area contributed by atoms with Crippen molar-refractivity contribution >= 4 is 11.0 Å². The average molecular weight is 365 g/mol. The molecule has 140 valence electrons. The molecule has 0 spiro atoms. The molecule has 0 atom stereocenters. The fourth-order valence-corrected chi connectivity index (χ4v) is 3.83. The van der Waals surface area contributed by atoms with E-state index in [1.165, 1.54) is 18.9 Å². The van der Waals surface area contributed by atoms with Crippen LogP contribution in [0.1, 0.15) is 24.0 Å².